The van der Waals surface area contributed by atoms with Gasteiger partial charge in [0.05, 0.1) is 35.3 Å². The number of alkyl halides is 3. The van der Waals surface area contributed by atoms with Crippen molar-refractivity contribution in [2.75, 3.05) is 24.2 Å². The molecule has 7 aromatic rings. The average Bonchev–Trinajstić information content (AvgIpc) is 4.05. The number of nitrogens with one attached hydrogen (secondary N) is 1. The molecule has 0 bridgehead atoms. The fourth-order valence-corrected chi connectivity index (χ4v) is 8.40. The Morgan fingerprint density at radius 3 is 2.42 bits per heavy atom. The van der Waals surface area contributed by atoms with E-state index in [2.05, 4.69) is 30.6 Å². The molecule has 0 spiro atoms. The Bertz CT molecular complexity index is 2600. The quantitative estimate of drug-likeness (QED) is 0.0549. The minimum Gasteiger partial charge on any atom is -0.394 e. The van der Waals surface area contributed by atoms with Crippen LogP contribution >= 0.6 is 11.3 Å². The molecule has 1 aliphatic heterocycles. The number of nitrogens with zero attached hydrogens (tertiary/aromatic N) is 7. The van der Waals surface area contributed by atoms with Crippen molar-refractivity contribution in [2.24, 2.45) is 0 Å². The van der Waals surface area contributed by atoms with Gasteiger partial charge >= 0.3 is 6.18 Å². The highest BCUT2D eigenvalue weighted by Gasteiger charge is 2.44. The zero-order chi connectivity index (χ0) is 42.0. The van der Waals surface area contributed by atoms with Gasteiger partial charge in [-0.25, -0.2) is 15.0 Å². The molecule has 0 unspecified atom stereocenters. The number of carbonyl (C=O) groups excluding carboxylic acids is 1. The molecule has 3 aromatic carbocycles. The largest absolute Gasteiger partial charge is 0.416 e. The number of fused-ring (bicyclic) bond motifs is 1. The number of carbonyl (C=O) groups is 1. The summed E-state index contributed by atoms with van der Waals surface area (Å²) < 4.78 is 50.4. The third-order valence-electron chi connectivity index (χ3n) is 10.4. The van der Waals surface area contributed by atoms with Gasteiger partial charge in [0.25, 0.3) is 0 Å². The molecule has 1 saturated heterocycles. The first kappa shape index (κ1) is 40.7. The molecule has 0 saturated carbocycles. The van der Waals surface area contributed by atoms with Crippen LogP contribution in [0, 0.1) is 0 Å². The van der Waals surface area contributed by atoms with Gasteiger partial charge < -0.3 is 31.1 Å². The molecule has 1 aliphatic rings. The van der Waals surface area contributed by atoms with Gasteiger partial charge in [-0.2, -0.15) is 13.2 Å². The Labute approximate surface area is 345 Å². The van der Waals surface area contributed by atoms with E-state index in [1.807, 2.05) is 30.5 Å². The lowest BCUT2D eigenvalue weighted by molar-refractivity contribution is -0.137. The molecule has 0 amide bonds. The number of hydrogen-bond donors (Lipinski definition) is 5. The molecule has 60 heavy (non-hydrogen) atoms. The van der Waals surface area contributed by atoms with Crippen LogP contribution < -0.4 is 11.1 Å². The molecule has 0 radical (unpaired) electrons. The van der Waals surface area contributed by atoms with Crippen LogP contribution in [0.15, 0.2) is 97.7 Å². The van der Waals surface area contributed by atoms with Crippen LogP contribution in [0.4, 0.5) is 24.0 Å². The normalized spacial score (nSPS) is 18.0. The molecule has 6 N–H and O–H groups in total. The van der Waals surface area contributed by atoms with Crippen LogP contribution in [-0.2, 0) is 17.5 Å². The molecule has 14 nitrogen and oxygen atoms in total. The third kappa shape index (κ3) is 8.24. The van der Waals surface area contributed by atoms with Crippen LogP contribution in [-0.4, -0.2) is 87.1 Å². The number of aliphatic hydroxyl groups excluding tert-OH is 3. The Kier molecular flexibility index (Phi) is 11.7. The number of aliphatic hydroxyl groups is 3. The van der Waals surface area contributed by atoms with Gasteiger partial charge in [-0.3, -0.25) is 14.0 Å². The number of hydrogen-bond acceptors (Lipinski definition) is 13. The maximum absolute atomic E-state index is 13.8. The molecule has 310 valence electrons. The van der Waals surface area contributed by atoms with Gasteiger partial charge in [0.15, 0.2) is 29.0 Å². The highest BCUT2D eigenvalue weighted by molar-refractivity contribution is 7.20. The lowest BCUT2D eigenvalue weighted by Crippen LogP contribution is -2.33. The van der Waals surface area contributed by atoms with Crippen molar-refractivity contribution in [1.29, 1.82) is 0 Å². The SMILES string of the molecule is Nc1sc(-c2ccc(-c3cn(CCCCCCNc4ncnc5c4ncn5[C@@H]4O[C@H](CO)[C@@H](O)[C@H]4O)nn3)cc2)c(-c2cccc(C(F)(F)F)c2)c1C(=O)c1ccccc1. The summed E-state index contributed by atoms with van der Waals surface area (Å²) in [7, 11) is 0. The van der Waals surface area contributed by atoms with Gasteiger partial charge in [-0.05, 0) is 36.1 Å². The second-order valence-electron chi connectivity index (χ2n) is 14.4. The van der Waals surface area contributed by atoms with Crippen molar-refractivity contribution in [3.8, 4) is 32.8 Å². The van der Waals surface area contributed by atoms with Crippen LogP contribution in [0.3, 0.4) is 0 Å². The van der Waals surface area contributed by atoms with E-state index in [0.29, 0.717) is 57.3 Å². The summed E-state index contributed by atoms with van der Waals surface area (Å²) in [5.74, 6) is 0.160. The van der Waals surface area contributed by atoms with Crippen molar-refractivity contribution in [3.05, 3.63) is 114 Å². The van der Waals surface area contributed by atoms with E-state index in [1.54, 1.807) is 41.1 Å². The molecule has 1 fully saturated rings. The van der Waals surface area contributed by atoms with E-state index in [4.69, 9.17) is 10.5 Å². The summed E-state index contributed by atoms with van der Waals surface area (Å²) in [4.78, 5) is 27.4. The number of ketones is 1. The number of thiophene rings is 1. The lowest BCUT2D eigenvalue weighted by Gasteiger charge is -2.16. The number of nitrogen functional groups attached to an aromatic ring is 1. The summed E-state index contributed by atoms with van der Waals surface area (Å²) in [6, 6.07) is 20.9. The van der Waals surface area contributed by atoms with Crippen molar-refractivity contribution in [2.45, 2.75) is 62.9 Å². The maximum atomic E-state index is 13.8. The Morgan fingerprint density at radius 1 is 0.900 bits per heavy atom. The van der Waals surface area contributed by atoms with Gasteiger partial charge in [0.2, 0.25) is 0 Å². The molecule has 8 rings (SSSR count). The van der Waals surface area contributed by atoms with Gasteiger partial charge in [0.1, 0.15) is 30.3 Å². The summed E-state index contributed by atoms with van der Waals surface area (Å²) in [6.07, 6.45) is -0.597. The lowest BCUT2D eigenvalue weighted by atomic mass is 9.92. The molecule has 18 heteroatoms. The first-order valence-electron chi connectivity index (χ1n) is 19.3. The van der Waals surface area contributed by atoms with Crippen LogP contribution in [0.25, 0.3) is 44.0 Å². The van der Waals surface area contributed by atoms with Gasteiger partial charge in [0, 0.05) is 34.7 Å². The maximum Gasteiger partial charge on any atom is 0.416 e. The van der Waals surface area contributed by atoms with Crippen molar-refractivity contribution >= 4 is 39.1 Å². The fourth-order valence-electron chi connectivity index (χ4n) is 7.31. The Hall–Kier alpha value is -6.05. The number of rotatable bonds is 15. The van der Waals surface area contributed by atoms with Crippen LogP contribution in [0.2, 0.25) is 0 Å². The number of halogens is 3. The van der Waals surface area contributed by atoms with E-state index < -0.39 is 42.9 Å². The minimum absolute atomic E-state index is 0.165. The van der Waals surface area contributed by atoms with Crippen molar-refractivity contribution in [1.82, 2.24) is 34.5 Å². The Balaban J connectivity index is 0.881. The second kappa shape index (κ2) is 17.3. The van der Waals surface area contributed by atoms with Crippen molar-refractivity contribution in [3.63, 3.8) is 0 Å². The summed E-state index contributed by atoms with van der Waals surface area (Å²) in [5, 5.41) is 42.2. The van der Waals surface area contributed by atoms with E-state index in [9.17, 15) is 33.3 Å². The zero-order valence-corrected chi connectivity index (χ0v) is 32.7. The fraction of sp³-hybridized carbons (Fsp3) is 0.286. The summed E-state index contributed by atoms with van der Waals surface area (Å²) >= 11 is 1.16. The molecule has 4 atom stereocenters. The highest BCUT2D eigenvalue weighted by Crippen LogP contribution is 2.47. The molecular weight excluding hydrogens is 800 g/mol. The van der Waals surface area contributed by atoms with Crippen LogP contribution in [0.5, 0.6) is 0 Å². The third-order valence-corrected chi connectivity index (χ3v) is 11.5. The number of imidazole rings is 1. The number of benzene rings is 3. The average molecular weight is 840 g/mol. The summed E-state index contributed by atoms with van der Waals surface area (Å²) in [6.45, 7) is 0.868. The first-order valence-corrected chi connectivity index (χ1v) is 20.1. The number of aromatic nitrogens is 7. The van der Waals surface area contributed by atoms with E-state index in [0.717, 1.165) is 54.7 Å². The second-order valence-corrected chi connectivity index (χ2v) is 15.4. The molecule has 5 heterocycles. The highest BCUT2D eigenvalue weighted by atomic mass is 32.1. The standard InChI is InChI=1S/C42H40F3N9O5S/c43-42(44,45)28-12-8-11-27(19-28)31-32(34(56)25-9-4-3-5-10-25)38(46)60-37(31)26-15-13-24(14-16-26)29-20-53(52-51-29)18-7-2-1-6-17-47-39-33-40(49-22-48-39)54(23-50-33)41-36(58)35(57)30(21-55)59-41/h3-5,8-16,19-20,22-23,30,35-36,41,55,57-58H,1-2,6-7,17-18,21,46H2,(H,47,48,49)/t30-,35-,36-,41-/m1/s1. The number of ether oxygens (including phenoxy) is 1. The molecule has 0 aliphatic carbocycles. The van der Waals surface area contributed by atoms with E-state index >= 15 is 0 Å². The van der Waals surface area contributed by atoms with Crippen LogP contribution in [0.1, 0.15) is 53.4 Å². The molecule has 4 aromatic heterocycles. The van der Waals surface area contributed by atoms with Gasteiger partial charge in [-0.1, -0.05) is 84.8 Å². The zero-order valence-electron chi connectivity index (χ0n) is 31.9. The smallest absolute Gasteiger partial charge is 0.394 e. The first-order chi connectivity index (χ1) is 29.0. The van der Waals surface area contributed by atoms with E-state index in [1.165, 1.54) is 23.3 Å². The number of unbranched alkanes of at least 4 members (excludes halogenated alkanes) is 3. The van der Waals surface area contributed by atoms with E-state index in [-0.39, 0.29) is 21.9 Å². The predicted octanol–water partition coefficient (Wildman–Crippen LogP) is 6.60. The minimum atomic E-state index is -4.57. The number of anilines is 2. The topological polar surface area (TPSA) is 199 Å². The number of aryl methyl sites for hydroxylation is 1. The molecular formula is C42H40F3N9O5S. The Morgan fingerprint density at radius 2 is 1.67 bits per heavy atom. The number of nitrogens with two attached hydrogens (primary N) is 1. The van der Waals surface area contributed by atoms with Crippen molar-refractivity contribution < 1.29 is 38.0 Å². The summed E-state index contributed by atoms with van der Waals surface area (Å²) in [5.41, 5.74) is 9.84. The van der Waals surface area contributed by atoms with Gasteiger partial charge in [-0.15, -0.1) is 16.4 Å². The predicted molar refractivity (Wildman–Crippen MR) is 219 cm³/mol. The monoisotopic (exact) mass is 839 g/mol.